The molecule has 1 aromatic heterocycles. The van der Waals surface area contributed by atoms with E-state index in [1.807, 2.05) is 0 Å². The number of aryl methyl sites for hydroxylation is 1. The third-order valence-corrected chi connectivity index (χ3v) is 2.77. The van der Waals surface area contributed by atoms with E-state index < -0.39 is 22.4 Å². The SMILES string of the molecule is Cc1ccc(CNc2ccc([N+](=O)[O-])cc2C(F)(F)F)o1. The third-order valence-electron chi connectivity index (χ3n) is 2.77. The average Bonchev–Trinajstić information content (AvgIpc) is 2.81. The van der Waals surface area contributed by atoms with Gasteiger partial charge in [-0.2, -0.15) is 13.2 Å². The lowest BCUT2D eigenvalue weighted by Crippen LogP contribution is -2.11. The molecule has 0 bridgehead atoms. The number of halogens is 3. The number of nitro groups is 1. The first-order valence-electron chi connectivity index (χ1n) is 5.92. The Morgan fingerprint density at radius 2 is 2.00 bits per heavy atom. The van der Waals surface area contributed by atoms with Crippen LogP contribution < -0.4 is 5.32 Å². The van der Waals surface area contributed by atoms with Crippen LogP contribution in [-0.4, -0.2) is 4.92 Å². The van der Waals surface area contributed by atoms with Crippen molar-refractivity contribution in [2.75, 3.05) is 5.32 Å². The van der Waals surface area contributed by atoms with Crippen molar-refractivity contribution in [3.05, 3.63) is 57.5 Å². The van der Waals surface area contributed by atoms with Gasteiger partial charge in [0.15, 0.2) is 0 Å². The summed E-state index contributed by atoms with van der Waals surface area (Å²) in [5.41, 5.74) is -1.93. The van der Waals surface area contributed by atoms with E-state index in [0.29, 0.717) is 17.6 Å². The zero-order chi connectivity index (χ0) is 15.6. The molecule has 0 amide bonds. The van der Waals surface area contributed by atoms with Crippen molar-refractivity contribution in [1.82, 2.24) is 0 Å². The number of alkyl halides is 3. The van der Waals surface area contributed by atoms with E-state index in [2.05, 4.69) is 5.32 Å². The van der Waals surface area contributed by atoms with E-state index in [4.69, 9.17) is 4.42 Å². The summed E-state index contributed by atoms with van der Waals surface area (Å²) < 4.78 is 44.0. The van der Waals surface area contributed by atoms with E-state index in [0.717, 1.165) is 12.1 Å². The van der Waals surface area contributed by atoms with Crippen LogP contribution >= 0.6 is 0 Å². The van der Waals surface area contributed by atoms with Crippen molar-refractivity contribution in [2.24, 2.45) is 0 Å². The van der Waals surface area contributed by atoms with Gasteiger partial charge in [0.25, 0.3) is 5.69 Å². The van der Waals surface area contributed by atoms with Gasteiger partial charge in [-0.1, -0.05) is 0 Å². The second kappa shape index (κ2) is 5.47. The fourth-order valence-electron chi connectivity index (χ4n) is 1.80. The first-order chi connectivity index (χ1) is 9.77. The van der Waals surface area contributed by atoms with E-state index >= 15 is 0 Å². The predicted octanol–water partition coefficient (Wildman–Crippen LogP) is 4.13. The number of hydrogen-bond donors (Lipinski definition) is 1. The Bertz CT molecular complexity index is 665. The maximum absolute atomic E-state index is 12.9. The molecule has 0 fully saturated rings. The summed E-state index contributed by atoms with van der Waals surface area (Å²) in [5, 5.41) is 13.2. The first kappa shape index (κ1) is 14.9. The van der Waals surface area contributed by atoms with Crippen molar-refractivity contribution in [3.63, 3.8) is 0 Å². The van der Waals surface area contributed by atoms with Crippen LogP contribution in [0.5, 0.6) is 0 Å². The van der Waals surface area contributed by atoms with Crippen LogP contribution in [0.2, 0.25) is 0 Å². The van der Waals surface area contributed by atoms with Crippen LogP contribution in [0.1, 0.15) is 17.1 Å². The normalized spacial score (nSPS) is 11.4. The van der Waals surface area contributed by atoms with Gasteiger partial charge < -0.3 is 9.73 Å². The van der Waals surface area contributed by atoms with Gasteiger partial charge in [-0.25, -0.2) is 0 Å². The first-order valence-corrected chi connectivity index (χ1v) is 5.92. The quantitative estimate of drug-likeness (QED) is 0.681. The van der Waals surface area contributed by atoms with E-state index in [1.54, 1.807) is 19.1 Å². The maximum Gasteiger partial charge on any atom is 0.418 e. The molecule has 1 N–H and O–H groups in total. The minimum absolute atomic E-state index is 0.0503. The van der Waals surface area contributed by atoms with E-state index in [9.17, 15) is 23.3 Å². The highest BCUT2D eigenvalue weighted by atomic mass is 19.4. The molecule has 1 heterocycles. The van der Waals surface area contributed by atoms with Crippen LogP contribution in [0.15, 0.2) is 34.7 Å². The predicted molar refractivity (Wildman–Crippen MR) is 68.9 cm³/mol. The molecule has 0 saturated heterocycles. The smallest absolute Gasteiger partial charge is 0.418 e. The fraction of sp³-hybridized carbons (Fsp3) is 0.231. The molecule has 0 aliphatic rings. The Kier molecular flexibility index (Phi) is 3.88. The zero-order valence-corrected chi connectivity index (χ0v) is 10.9. The number of furan rings is 1. The number of rotatable bonds is 4. The maximum atomic E-state index is 12.9. The summed E-state index contributed by atoms with van der Waals surface area (Å²) in [6.07, 6.45) is -4.69. The number of nitrogens with one attached hydrogen (secondary N) is 1. The van der Waals surface area contributed by atoms with Gasteiger partial charge in [0.2, 0.25) is 0 Å². The second-order valence-electron chi connectivity index (χ2n) is 4.35. The van der Waals surface area contributed by atoms with Crippen LogP contribution in [-0.2, 0) is 12.7 Å². The highest BCUT2D eigenvalue weighted by Crippen LogP contribution is 2.37. The summed E-state index contributed by atoms with van der Waals surface area (Å²) in [6.45, 7) is 1.77. The Hall–Kier alpha value is -2.51. The van der Waals surface area contributed by atoms with E-state index in [1.165, 1.54) is 0 Å². The number of non-ortho nitro benzene ring substituents is 1. The molecule has 0 saturated carbocycles. The molecule has 1 aromatic carbocycles. The molecule has 0 aliphatic heterocycles. The number of nitrogens with zero attached hydrogens (tertiary/aromatic N) is 1. The van der Waals surface area contributed by atoms with Crippen LogP contribution in [0.3, 0.4) is 0 Å². The number of anilines is 1. The summed E-state index contributed by atoms with van der Waals surface area (Å²) >= 11 is 0. The minimum atomic E-state index is -4.69. The molecule has 21 heavy (non-hydrogen) atoms. The van der Waals surface area contributed by atoms with Crippen LogP contribution in [0.4, 0.5) is 24.5 Å². The van der Waals surface area contributed by atoms with Gasteiger partial charge in [-0.05, 0) is 25.1 Å². The van der Waals surface area contributed by atoms with Gasteiger partial charge >= 0.3 is 6.18 Å². The second-order valence-corrected chi connectivity index (χ2v) is 4.35. The van der Waals surface area contributed by atoms with Gasteiger partial charge in [-0.3, -0.25) is 10.1 Å². The number of benzene rings is 1. The summed E-state index contributed by atoms with van der Waals surface area (Å²) in [6, 6.07) is 5.90. The van der Waals surface area contributed by atoms with Crippen molar-refractivity contribution in [2.45, 2.75) is 19.6 Å². The van der Waals surface area contributed by atoms with Crippen molar-refractivity contribution < 1.29 is 22.5 Å². The molecule has 5 nitrogen and oxygen atoms in total. The molecule has 0 aliphatic carbocycles. The number of hydrogen-bond acceptors (Lipinski definition) is 4. The Labute approximate surface area is 117 Å². The Morgan fingerprint density at radius 1 is 1.29 bits per heavy atom. The van der Waals surface area contributed by atoms with Crippen LogP contribution in [0, 0.1) is 17.0 Å². The molecule has 0 spiro atoms. The molecule has 0 unspecified atom stereocenters. The third kappa shape index (κ3) is 3.53. The molecular weight excluding hydrogens is 289 g/mol. The van der Waals surface area contributed by atoms with Crippen LogP contribution in [0.25, 0.3) is 0 Å². The zero-order valence-electron chi connectivity index (χ0n) is 10.9. The van der Waals surface area contributed by atoms with Gasteiger partial charge in [0.1, 0.15) is 11.5 Å². The lowest BCUT2D eigenvalue weighted by Gasteiger charge is -2.13. The summed E-state index contributed by atoms with van der Waals surface area (Å²) in [5.74, 6) is 1.12. The molecule has 2 aromatic rings. The fourth-order valence-corrected chi connectivity index (χ4v) is 1.80. The lowest BCUT2D eigenvalue weighted by molar-refractivity contribution is -0.385. The molecule has 0 atom stereocenters. The molecule has 8 heteroatoms. The monoisotopic (exact) mass is 300 g/mol. The molecular formula is C13H11F3N2O3. The molecule has 0 radical (unpaired) electrons. The Balaban J connectivity index is 2.27. The summed E-state index contributed by atoms with van der Waals surface area (Å²) in [7, 11) is 0. The molecule has 112 valence electrons. The lowest BCUT2D eigenvalue weighted by atomic mass is 10.1. The van der Waals surface area contributed by atoms with Gasteiger partial charge in [0.05, 0.1) is 17.0 Å². The summed E-state index contributed by atoms with van der Waals surface area (Å²) in [4.78, 5) is 9.71. The van der Waals surface area contributed by atoms with Crippen molar-refractivity contribution in [1.29, 1.82) is 0 Å². The average molecular weight is 300 g/mol. The largest absolute Gasteiger partial charge is 0.465 e. The van der Waals surface area contributed by atoms with Gasteiger partial charge in [0, 0.05) is 17.8 Å². The molecule has 2 rings (SSSR count). The van der Waals surface area contributed by atoms with Crippen molar-refractivity contribution >= 4 is 11.4 Å². The number of nitro benzene ring substituents is 1. The van der Waals surface area contributed by atoms with E-state index in [-0.39, 0.29) is 12.2 Å². The highest BCUT2D eigenvalue weighted by Gasteiger charge is 2.35. The van der Waals surface area contributed by atoms with Gasteiger partial charge in [-0.15, -0.1) is 0 Å². The standard InChI is InChI=1S/C13H11F3N2O3/c1-8-2-4-10(21-8)7-17-12-5-3-9(18(19)20)6-11(12)13(14,15)16/h2-6,17H,7H2,1H3. The highest BCUT2D eigenvalue weighted by molar-refractivity contribution is 5.57. The van der Waals surface area contributed by atoms with Crippen molar-refractivity contribution in [3.8, 4) is 0 Å². The Morgan fingerprint density at radius 3 is 2.52 bits per heavy atom. The minimum Gasteiger partial charge on any atom is -0.465 e. The topological polar surface area (TPSA) is 68.3 Å².